The van der Waals surface area contributed by atoms with E-state index in [1.54, 1.807) is 29.4 Å². The first-order valence-electron chi connectivity index (χ1n) is 9.89. The number of Topliss-reactive ketones (excluding diaryl/α,β-unsaturated/α-hetero) is 1. The zero-order chi connectivity index (χ0) is 18.6. The summed E-state index contributed by atoms with van der Waals surface area (Å²) in [5.41, 5.74) is 0.853. The standard InChI is InChI=1S/C20H25N5O2/c26-19(17-10-4-5-11-21-17)15-7-6-12-24(13-15)20(27)18-14-25(23-22-18)16-8-2-1-3-9-16/h4-5,10-11,14-16H,1-3,6-9,12-13H2/t15-/m0/s1. The van der Waals surface area contributed by atoms with E-state index in [0.717, 1.165) is 25.7 Å². The lowest BCUT2D eigenvalue weighted by Crippen LogP contribution is -2.42. The minimum Gasteiger partial charge on any atom is -0.336 e. The third kappa shape index (κ3) is 3.91. The van der Waals surface area contributed by atoms with E-state index < -0.39 is 0 Å². The van der Waals surface area contributed by atoms with Crippen LogP contribution in [0.3, 0.4) is 0 Å². The maximum Gasteiger partial charge on any atom is 0.276 e. The molecule has 0 spiro atoms. The van der Waals surface area contributed by atoms with E-state index in [4.69, 9.17) is 0 Å². The number of rotatable bonds is 4. The Balaban J connectivity index is 1.43. The van der Waals surface area contributed by atoms with Crippen LogP contribution < -0.4 is 0 Å². The van der Waals surface area contributed by atoms with Gasteiger partial charge in [0.1, 0.15) is 5.69 Å². The molecule has 0 bridgehead atoms. The Hall–Kier alpha value is -2.57. The van der Waals surface area contributed by atoms with Gasteiger partial charge in [-0.25, -0.2) is 4.68 Å². The average Bonchev–Trinajstić information content (AvgIpc) is 3.24. The van der Waals surface area contributed by atoms with Gasteiger partial charge in [0.25, 0.3) is 5.91 Å². The van der Waals surface area contributed by atoms with Crippen LogP contribution in [0, 0.1) is 5.92 Å². The highest BCUT2D eigenvalue weighted by Gasteiger charge is 2.31. The Labute approximate surface area is 158 Å². The van der Waals surface area contributed by atoms with Crippen LogP contribution in [0.1, 0.15) is 72.0 Å². The van der Waals surface area contributed by atoms with Crippen molar-refractivity contribution in [1.82, 2.24) is 24.9 Å². The molecule has 1 atom stereocenters. The second-order valence-electron chi connectivity index (χ2n) is 7.55. The smallest absolute Gasteiger partial charge is 0.276 e. The van der Waals surface area contributed by atoms with Gasteiger partial charge in [-0.2, -0.15) is 0 Å². The maximum absolute atomic E-state index is 12.9. The molecule has 142 valence electrons. The number of amides is 1. The topological polar surface area (TPSA) is 81.0 Å². The molecule has 2 aromatic heterocycles. The highest BCUT2D eigenvalue weighted by molar-refractivity contribution is 5.97. The van der Waals surface area contributed by atoms with Gasteiger partial charge in [0.2, 0.25) is 0 Å². The molecule has 7 nitrogen and oxygen atoms in total. The van der Waals surface area contributed by atoms with Crippen molar-refractivity contribution in [3.8, 4) is 0 Å². The van der Waals surface area contributed by atoms with E-state index >= 15 is 0 Å². The van der Waals surface area contributed by atoms with Gasteiger partial charge in [0.15, 0.2) is 11.5 Å². The predicted molar refractivity (Wildman–Crippen MR) is 99.3 cm³/mol. The second-order valence-corrected chi connectivity index (χ2v) is 7.55. The van der Waals surface area contributed by atoms with Gasteiger partial charge in [-0.15, -0.1) is 5.10 Å². The summed E-state index contributed by atoms with van der Waals surface area (Å²) < 4.78 is 1.85. The molecule has 2 aromatic rings. The number of carbonyl (C=O) groups excluding carboxylic acids is 2. The molecular formula is C20H25N5O2. The van der Waals surface area contributed by atoms with E-state index in [1.807, 2.05) is 10.7 Å². The molecule has 0 radical (unpaired) electrons. The molecule has 1 aliphatic heterocycles. The Kier molecular flexibility index (Phi) is 5.27. The zero-order valence-electron chi connectivity index (χ0n) is 15.5. The van der Waals surface area contributed by atoms with Crippen LogP contribution in [-0.2, 0) is 0 Å². The number of carbonyl (C=O) groups is 2. The molecule has 4 rings (SSSR count). The first-order valence-corrected chi connectivity index (χ1v) is 9.89. The van der Waals surface area contributed by atoms with Crippen LogP contribution in [-0.4, -0.2) is 49.7 Å². The summed E-state index contributed by atoms with van der Waals surface area (Å²) in [4.78, 5) is 31.5. The Morgan fingerprint density at radius 2 is 1.85 bits per heavy atom. The summed E-state index contributed by atoms with van der Waals surface area (Å²) in [5, 5.41) is 8.32. The van der Waals surface area contributed by atoms with Crippen LogP contribution >= 0.6 is 0 Å². The molecule has 0 N–H and O–H groups in total. The van der Waals surface area contributed by atoms with Crippen molar-refractivity contribution < 1.29 is 9.59 Å². The molecular weight excluding hydrogens is 342 g/mol. The van der Waals surface area contributed by atoms with Crippen molar-refractivity contribution in [3.05, 3.63) is 42.0 Å². The van der Waals surface area contributed by atoms with Gasteiger partial charge >= 0.3 is 0 Å². The summed E-state index contributed by atoms with van der Waals surface area (Å²) in [7, 11) is 0. The minimum absolute atomic E-state index is 0.0129. The van der Waals surface area contributed by atoms with Crippen LogP contribution in [0.15, 0.2) is 30.6 Å². The SMILES string of the molecule is O=C(c1ccccn1)[C@H]1CCCN(C(=O)c2cn(C3CCCCC3)nn2)C1. The van der Waals surface area contributed by atoms with Gasteiger partial charge in [-0.1, -0.05) is 30.5 Å². The number of likely N-dealkylation sites (tertiary alicyclic amines) is 1. The fourth-order valence-corrected chi connectivity index (χ4v) is 4.15. The van der Waals surface area contributed by atoms with Crippen molar-refractivity contribution in [2.24, 2.45) is 5.92 Å². The number of hydrogen-bond donors (Lipinski definition) is 0. The van der Waals surface area contributed by atoms with E-state index in [9.17, 15) is 9.59 Å². The monoisotopic (exact) mass is 367 g/mol. The van der Waals surface area contributed by atoms with E-state index in [0.29, 0.717) is 30.5 Å². The van der Waals surface area contributed by atoms with Gasteiger partial charge < -0.3 is 4.90 Å². The van der Waals surface area contributed by atoms with E-state index in [1.165, 1.54) is 19.3 Å². The maximum atomic E-state index is 12.9. The third-order valence-corrected chi connectivity index (χ3v) is 5.67. The molecule has 1 saturated heterocycles. The lowest BCUT2D eigenvalue weighted by molar-refractivity contribution is 0.0630. The Morgan fingerprint density at radius 3 is 2.63 bits per heavy atom. The first-order chi connectivity index (χ1) is 13.2. The molecule has 7 heteroatoms. The molecule has 1 aliphatic carbocycles. The minimum atomic E-state index is -0.203. The summed E-state index contributed by atoms with van der Waals surface area (Å²) in [6, 6.07) is 5.70. The fraction of sp³-hybridized carbons (Fsp3) is 0.550. The highest BCUT2D eigenvalue weighted by atomic mass is 16.2. The van der Waals surface area contributed by atoms with Crippen LogP contribution in [0.4, 0.5) is 0 Å². The fourth-order valence-electron chi connectivity index (χ4n) is 4.15. The van der Waals surface area contributed by atoms with Gasteiger partial charge in [0.05, 0.1) is 12.2 Å². The van der Waals surface area contributed by atoms with Gasteiger partial charge in [-0.3, -0.25) is 14.6 Å². The Morgan fingerprint density at radius 1 is 1.00 bits per heavy atom. The molecule has 27 heavy (non-hydrogen) atoms. The van der Waals surface area contributed by atoms with Crippen LogP contribution in [0.2, 0.25) is 0 Å². The molecule has 1 saturated carbocycles. The number of piperidine rings is 1. The van der Waals surface area contributed by atoms with Crippen LogP contribution in [0.25, 0.3) is 0 Å². The van der Waals surface area contributed by atoms with Gasteiger partial charge in [0, 0.05) is 25.2 Å². The summed E-state index contributed by atoms with van der Waals surface area (Å²) >= 11 is 0. The van der Waals surface area contributed by atoms with Crippen molar-refractivity contribution >= 4 is 11.7 Å². The molecule has 0 aromatic carbocycles. The van der Waals surface area contributed by atoms with Crippen molar-refractivity contribution in [1.29, 1.82) is 0 Å². The molecule has 2 fully saturated rings. The number of nitrogens with zero attached hydrogens (tertiary/aromatic N) is 5. The second kappa shape index (κ2) is 7.98. The van der Waals surface area contributed by atoms with Crippen molar-refractivity contribution in [2.75, 3.05) is 13.1 Å². The number of aromatic nitrogens is 4. The number of pyridine rings is 1. The summed E-state index contributed by atoms with van der Waals surface area (Å²) in [6.07, 6.45) is 10.9. The van der Waals surface area contributed by atoms with Crippen LogP contribution in [0.5, 0.6) is 0 Å². The largest absolute Gasteiger partial charge is 0.336 e. The predicted octanol–water partition coefficient (Wildman–Crippen LogP) is 2.91. The molecule has 0 unspecified atom stereocenters. The number of ketones is 1. The zero-order valence-corrected chi connectivity index (χ0v) is 15.5. The van der Waals surface area contributed by atoms with E-state index in [-0.39, 0.29) is 17.6 Å². The molecule has 1 amide bonds. The normalized spacial score (nSPS) is 21.2. The van der Waals surface area contributed by atoms with Gasteiger partial charge in [-0.05, 0) is 37.8 Å². The number of hydrogen-bond acceptors (Lipinski definition) is 5. The third-order valence-electron chi connectivity index (χ3n) is 5.67. The molecule has 2 aliphatic rings. The van der Waals surface area contributed by atoms with E-state index in [2.05, 4.69) is 15.3 Å². The summed E-state index contributed by atoms with van der Waals surface area (Å²) in [5.74, 6) is -0.319. The lowest BCUT2D eigenvalue weighted by Gasteiger charge is -2.31. The average molecular weight is 367 g/mol. The Bertz CT molecular complexity index is 798. The van der Waals surface area contributed by atoms with Crippen molar-refractivity contribution in [2.45, 2.75) is 51.0 Å². The lowest BCUT2D eigenvalue weighted by atomic mass is 9.91. The highest BCUT2D eigenvalue weighted by Crippen LogP contribution is 2.27. The van der Waals surface area contributed by atoms with Crippen molar-refractivity contribution in [3.63, 3.8) is 0 Å². The first kappa shape index (κ1) is 17.8. The summed E-state index contributed by atoms with van der Waals surface area (Å²) in [6.45, 7) is 1.08. The quantitative estimate of drug-likeness (QED) is 0.776. The molecule has 3 heterocycles.